The molecule has 1 atom stereocenters. The number of hydrogen-bond acceptors (Lipinski definition) is 6. The van der Waals surface area contributed by atoms with Crippen LogP contribution < -0.4 is 14.4 Å². The van der Waals surface area contributed by atoms with E-state index < -0.39 is 17.7 Å². The normalized spacial score (nSPS) is 17.0. The van der Waals surface area contributed by atoms with Gasteiger partial charge in [0.1, 0.15) is 23.0 Å². The van der Waals surface area contributed by atoms with Gasteiger partial charge in [-0.15, -0.1) is 0 Å². The summed E-state index contributed by atoms with van der Waals surface area (Å²) in [7, 11) is 0. The summed E-state index contributed by atoms with van der Waals surface area (Å²) in [6.45, 7) is 8.42. The van der Waals surface area contributed by atoms with Crippen molar-refractivity contribution in [3.8, 4) is 17.2 Å². The molecule has 37 heavy (non-hydrogen) atoms. The summed E-state index contributed by atoms with van der Waals surface area (Å²) in [6, 6.07) is 19.0. The maximum atomic E-state index is 13.4. The number of anilines is 1. The van der Waals surface area contributed by atoms with Gasteiger partial charge in [0.2, 0.25) is 0 Å². The highest BCUT2D eigenvalue weighted by atomic mass is 16.5. The van der Waals surface area contributed by atoms with Crippen molar-refractivity contribution in [2.24, 2.45) is 5.92 Å². The van der Waals surface area contributed by atoms with E-state index >= 15 is 0 Å². The Morgan fingerprint density at radius 1 is 0.919 bits per heavy atom. The predicted molar refractivity (Wildman–Crippen MR) is 142 cm³/mol. The molecule has 1 fully saturated rings. The molecule has 1 aliphatic heterocycles. The van der Waals surface area contributed by atoms with Crippen LogP contribution in [0.25, 0.3) is 5.76 Å². The highest BCUT2D eigenvalue weighted by Crippen LogP contribution is 2.43. The molecule has 7 heteroatoms. The number of phenols is 1. The third kappa shape index (κ3) is 5.61. The molecule has 4 rings (SSSR count). The van der Waals surface area contributed by atoms with Gasteiger partial charge in [-0.3, -0.25) is 14.5 Å². The molecule has 1 amide bonds. The van der Waals surface area contributed by atoms with Crippen LogP contribution in [0, 0.1) is 5.92 Å². The number of ether oxygens (including phenoxy) is 2. The first-order valence-corrected chi connectivity index (χ1v) is 12.3. The van der Waals surface area contributed by atoms with E-state index in [0.717, 1.165) is 0 Å². The quantitative estimate of drug-likeness (QED) is 0.229. The van der Waals surface area contributed by atoms with Crippen LogP contribution in [-0.2, 0) is 9.59 Å². The molecular weight excluding hydrogens is 470 g/mol. The average Bonchev–Trinajstić information content (AvgIpc) is 3.12. The van der Waals surface area contributed by atoms with Crippen molar-refractivity contribution < 1.29 is 29.3 Å². The minimum Gasteiger partial charge on any atom is -0.508 e. The number of phenolic OH excluding ortho intramolecular Hbond substituents is 1. The van der Waals surface area contributed by atoms with E-state index in [-0.39, 0.29) is 23.2 Å². The van der Waals surface area contributed by atoms with Crippen LogP contribution in [-0.4, -0.2) is 34.6 Å². The van der Waals surface area contributed by atoms with Gasteiger partial charge in [-0.05, 0) is 73.9 Å². The van der Waals surface area contributed by atoms with Gasteiger partial charge in [-0.1, -0.05) is 38.1 Å². The number of nitrogens with zero attached hydrogens (tertiary/aromatic N) is 1. The molecule has 0 aromatic heterocycles. The van der Waals surface area contributed by atoms with Crippen LogP contribution in [0.4, 0.5) is 5.69 Å². The number of aliphatic hydroxyl groups is 1. The van der Waals surface area contributed by atoms with Crippen molar-refractivity contribution >= 4 is 23.1 Å². The van der Waals surface area contributed by atoms with E-state index in [1.807, 2.05) is 27.7 Å². The molecule has 0 saturated carbocycles. The van der Waals surface area contributed by atoms with Gasteiger partial charge in [0.15, 0.2) is 0 Å². The summed E-state index contributed by atoms with van der Waals surface area (Å²) in [4.78, 5) is 28.0. The third-order valence-corrected chi connectivity index (χ3v) is 5.81. The first-order valence-electron chi connectivity index (χ1n) is 12.3. The molecule has 192 valence electrons. The van der Waals surface area contributed by atoms with Crippen molar-refractivity contribution in [3.05, 3.63) is 89.5 Å². The summed E-state index contributed by atoms with van der Waals surface area (Å²) < 4.78 is 11.5. The van der Waals surface area contributed by atoms with Gasteiger partial charge in [-0.2, -0.15) is 0 Å². The number of ketones is 1. The summed E-state index contributed by atoms with van der Waals surface area (Å²) in [5.41, 5.74) is 1.22. The van der Waals surface area contributed by atoms with Crippen molar-refractivity contribution in [2.75, 3.05) is 11.5 Å². The van der Waals surface area contributed by atoms with E-state index in [2.05, 4.69) is 0 Å². The molecule has 2 N–H and O–H groups in total. The lowest BCUT2D eigenvalue weighted by atomic mass is 9.95. The SMILES string of the molecule is CC(C)COc1ccc(N2C(=O)C(=O)/C(=C(\O)c3cccc(OC(C)C)c3)C2c2cccc(O)c2)cc1. The number of carbonyl (C=O) groups excluding carboxylic acids is 2. The van der Waals surface area contributed by atoms with Crippen LogP contribution in [0.5, 0.6) is 17.2 Å². The maximum absolute atomic E-state index is 13.4. The number of hydrogen-bond donors (Lipinski definition) is 2. The zero-order valence-electron chi connectivity index (χ0n) is 21.3. The highest BCUT2D eigenvalue weighted by Gasteiger charge is 2.47. The maximum Gasteiger partial charge on any atom is 0.300 e. The second-order valence-electron chi connectivity index (χ2n) is 9.66. The average molecular weight is 502 g/mol. The van der Waals surface area contributed by atoms with Gasteiger partial charge in [0.05, 0.1) is 24.3 Å². The smallest absolute Gasteiger partial charge is 0.300 e. The largest absolute Gasteiger partial charge is 0.508 e. The van der Waals surface area contributed by atoms with Gasteiger partial charge < -0.3 is 19.7 Å². The van der Waals surface area contributed by atoms with Crippen molar-refractivity contribution in [2.45, 2.75) is 39.8 Å². The highest BCUT2D eigenvalue weighted by molar-refractivity contribution is 6.51. The molecular formula is C30H31NO6. The summed E-state index contributed by atoms with van der Waals surface area (Å²) in [6.07, 6.45) is -0.0808. The molecule has 1 aliphatic rings. The molecule has 3 aromatic rings. The molecule has 0 spiro atoms. The van der Waals surface area contributed by atoms with E-state index in [4.69, 9.17) is 9.47 Å². The summed E-state index contributed by atoms with van der Waals surface area (Å²) >= 11 is 0. The molecule has 1 unspecified atom stereocenters. The molecule has 7 nitrogen and oxygen atoms in total. The molecule has 1 heterocycles. The summed E-state index contributed by atoms with van der Waals surface area (Å²) in [5.74, 6) is -0.411. The third-order valence-electron chi connectivity index (χ3n) is 5.81. The Morgan fingerprint density at radius 2 is 1.62 bits per heavy atom. The Hall–Kier alpha value is -4.26. The minimum absolute atomic E-state index is 0.0205. The Bertz CT molecular complexity index is 1330. The lowest BCUT2D eigenvalue weighted by Gasteiger charge is -2.25. The zero-order chi connectivity index (χ0) is 26.7. The fourth-order valence-corrected chi connectivity index (χ4v) is 4.22. The standard InChI is InChI=1S/C30H31NO6/c1-18(2)17-36-24-13-11-22(12-14-24)31-27(20-7-5-9-23(32)15-20)26(29(34)30(31)35)28(33)21-8-6-10-25(16-21)37-19(3)4/h5-16,18-19,27,32-33H,17H2,1-4H3/b28-26-. The number of amides is 1. The minimum atomic E-state index is -0.954. The fourth-order valence-electron chi connectivity index (χ4n) is 4.22. The topological polar surface area (TPSA) is 96.3 Å². The Balaban J connectivity index is 1.82. The first-order chi connectivity index (χ1) is 17.7. The van der Waals surface area contributed by atoms with E-state index in [1.165, 1.54) is 17.0 Å². The van der Waals surface area contributed by atoms with Gasteiger partial charge in [0, 0.05) is 11.3 Å². The van der Waals surface area contributed by atoms with Crippen LogP contribution >= 0.6 is 0 Å². The molecule has 0 bridgehead atoms. The first kappa shape index (κ1) is 25.8. The molecule has 0 aliphatic carbocycles. The predicted octanol–water partition coefficient (Wildman–Crippen LogP) is 5.84. The molecule has 0 radical (unpaired) electrons. The van der Waals surface area contributed by atoms with Crippen LogP contribution in [0.2, 0.25) is 0 Å². The molecule has 1 saturated heterocycles. The van der Waals surface area contributed by atoms with E-state index in [1.54, 1.807) is 60.7 Å². The number of aromatic hydroxyl groups is 1. The second kappa shape index (κ2) is 10.8. The van der Waals surface area contributed by atoms with E-state index in [9.17, 15) is 19.8 Å². The summed E-state index contributed by atoms with van der Waals surface area (Å²) in [5, 5.41) is 21.5. The van der Waals surface area contributed by atoms with Crippen LogP contribution in [0.3, 0.4) is 0 Å². The van der Waals surface area contributed by atoms with Gasteiger partial charge in [-0.25, -0.2) is 0 Å². The van der Waals surface area contributed by atoms with Crippen molar-refractivity contribution in [3.63, 3.8) is 0 Å². The monoisotopic (exact) mass is 501 g/mol. The Morgan fingerprint density at radius 3 is 2.27 bits per heavy atom. The van der Waals surface area contributed by atoms with Crippen LogP contribution in [0.1, 0.15) is 44.9 Å². The number of aliphatic hydroxyl groups excluding tert-OH is 1. The lowest BCUT2D eigenvalue weighted by Crippen LogP contribution is -2.29. The van der Waals surface area contributed by atoms with Crippen molar-refractivity contribution in [1.82, 2.24) is 0 Å². The number of Topliss-reactive ketones (excluding diaryl/α,β-unsaturated/α-hetero) is 1. The Kier molecular flexibility index (Phi) is 7.53. The number of carbonyl (C=O) groups is 2. The second-order valence-corrected chi connectivity index (χ2v) is 9.66. The van der Waals surface area contributed by atoms with Crippen LogP contribution in [0.15, 0.2) is 78.4 Å². The van der Waals surface area contributed by atoms with E-state index in [0.29, 0.717) is 40.8 Å². The number of benzene rings is 3. The van der Waals surface area contributed by atoms with Gasteiger partial charge >= 0.3 is 0 Å². The van der Waals surface area contributed by atoms with Gasteiger partial charge in [0.25, 0.3) is 11.7 Å². The zero-order valence-corrected chi connectivity index (χ0v) is 21.3. The Labute approximate surface area is 216 Å². The lowest BCUT2D eigenvalue weighted by molar-refractivity contribution is -0.132. The molecule has 3 aromatic carbocycles. The fraction of sp³-hybridized carbons (Fsp3) is 0.267. The number of rotatable bonds is 8. The van der Waals surface area contributed by atoms with Crippen molar-refractivity contribution in [1.29, 1.82) is 0 Å².